The maximum Gasteiger partial charge on any atom is 0.328 e. The third-order valence-corrected chi connectivity index (χ3v) is 2.95. The second-order valence-electron chi connectivity index (χ2n) is 4.38. The number of fused-ring (bicyclic) bond motifs is 1. The lowest BCUT2D eigenvalue weighted by Crippen LogP contribution is -2.37. The van der Waals surface area contributed by atoms with Crippen LogP contribution in [0.4, 0.5) is 0 Å². The molecule has 0 aliphatic rings. The zero-order valence-corrected chi connectivity index (χ0v) is 11.0. The predicted octanol–water partition coefficient (Wildman–Crippen LogP) is 0.905. The Hall–Kier alpha value is -1.59. The fourth-order valence-corrected chi connectivity index (χ4v) is 1.90. The maximum atomic E-state index is 12.2. The van der Waals surface area contributed by atoms with Crippen LogP contribution in [0.25, 0.3) is 10.9 Å². The summed E-state index contributed by atoms with van der Waals surface area (Å²) < 4.78 is 1.19. The molecule has 6 heteroatoms. The fourth-order valence-electron chi connectivity index (χ4n) is 1.73. The Kier molecular flexibility index (Phi) is 3.54. The van der Waals surface area contributed by atoms with Gasteiger partial charge in [0.15, 0.2) is 0 Å². The molecule has 1 aromatic carbocycles. The van der Waals surface area contributed by atoms with Gasteiger partial charge in [-0.05, 0) is 32.3 Å². The van der Waals surface area contributed by atoms with Crippen LogP contribution in [0.2, 0.25) is 5.02 Å². The molecule has 18 heavy (non-hydrogen) atoms. The number of H-pyrrole nitrogens is 1. The molecular weight excluding hydrogens is 254 g/mol. The molecule has 0 amide bonds. The van der Waals surface area contributed by atoms with E-state index in [9.17, 15) is 9.59 Å². The quantitative estimate of drug-likeness (QED) is 0.899. The molecule has 2 rings (SSSR count). The first kappa shape index (κ1) is 12.9. The van der Waals surface area contributed by atoms with Gasteiger partial charge in [-0.3, -0.25) is 9.36 Å². The van der Waals surface area contributed by atoms with Gasteiger partial charge in [0.1, 0.15) is 0 Å². The molecule has 0 saturated heterocycles. The van der Waals surface area contributed by atoms with Gasteiger partial charge in [0.25, 0.3) is 5.56 Å². The van der Waals surface area contributed by atoms with Gasteiger partial charge in [-0.15, -0.1) is 0 Å². The minimum Gasteiger partial charge on any atom is -0.308 e. The molecule has 0 atom stereocenters. The Bertz CT molecular complexity index is 688. The molecule has 0 aliphatic heterocycles. The zero-order chi connectivity index (χ0) is 13.3. The SMILES string of the molecule is CN(C)CCn1c(=O)[nH]c2ccc(Cl)cc2c1=O. The van der Waals surface area contributed by atoms with Crippen LogP contribution in [0, 0.1) is 0 Å². The first-order chi connectivity index (χ1) is 8.49. The number of aromatic nitrogens is 2. The van der Waals surface area contributed by atoms with Crippen molar-refractivity contribution < 1.29 is 0 Å². The molecule has 1 aromatic heterocycles. The number of hydrogen-bond acceptors (Lipinski definition) is 3. The van der Waals surface area contributed by atoms with Crippen LogP contribution < -0.4 is 11.2 Å². The standard InChI is InChI=1S/C12H14ClN3O2/c1-15(2)5-6-16-11(17)9-7-8(13)3-4-10(9)14-12(16)18/h3-4,7H,5-6H2,1-2H3,(H,14,18). The highest BCUT2D eigenvalue weighted by atomic mass is 35.5. The highest BCUT2D eigenvalue weighted by molar-refractivity contribution is 6.31. The van der Waals surface area contributed by atoms with E-state index in [-0.39, 0.29) is 5.56 Å². The van der Waals surface area contributed by atoms with Gasteiger partial charge in [-0.2, -0.15) is 0 Å². The number of aromatic amines is 1. The van der Waals surface area contributed by atoms with E-state index in [1.54, 1.807) is 18.2 Å². The Labute approximate surface area is 109 Å². The molecule has 0 fully saturated rings. The predicted molar refractivity (Wildman–Crippen MR) is 72.4 cm³/mol. The molecule has 0 aliphatic carbocycles. The lowest BCUT2D eigenvalue weighted by atomic mass is 10.2. The van der Waals surface area contributed by atoms with Crippen molar-refractivity contribution in [2.24, 2.45) is 0 Å². The monoisotopic (exact) mass is 267 g/mol. The molecule has 5 nitrogen and oxygen atoms in total. The number of halogens is 1. The second kappa shape index (κ2) is 4.96. The van der Waals surface area contributed by atoms with Crippen molar-refractivity contribution in [3.05, 3.63) is 44.1 Å². The first-order valence-corrected chi connectivity index (χ1v) is 5.94. The average molecular weight is 268 g/mol. The van der Waals surface area contributed by atoms with Crippen LogP contribution in [0.15, 0.2) is 27.8 Å². The fraction of sp³-hybridized carbons (Fsp3) is 0.333. The Morgan fingerprint density at radius 1 is 1.33 bits per heavy atom. The third kappa shape index (κ3) is 2.47. The Morgan fingerprint density at radius 3 is 2.72 bits per heavy atom. The molecule has 0 radical (unpaired) electrons. The summed E-state index contributed by atoms with van der Waals surface area (Å²) in [5.41, 5.74) is -0.190. The lowest BCUT2D eigenvalue weighted by molar-refractivity contribution is 0.377. The van der Waals surface area contributed by atoms with E-state index < -0.39 is 5.69 Å². The minimum atomic E-state index is -0.392. The van der Waals surface area contributed by atoms with E-state index in [1.165, 1.54) is 4.57 Å². The summed E-state index contributed by atoms with van der Waals surface area (Å²) >= 11 is 5.86. The van der Waals surface area contributed by atoms with E-state index in [1.807, 2.05) is 19.0 Å². The molecule has 0 spiro atoms. The highest BCUT2D eigenvalue weighted by Crippen LogP contribution is 2.13. The number of nitrogens with one attached hydrogen (secondary N) is 1. The van der Waals surface area contributed by atoms with Crippen molar-refractivity contribution >= 4 is 22.5 Å². The summed E-state index contributed by atoms with van der Waals surface area (Å²) in [7, 11) is 3.77. The summed E-state index contributed by atoms with van der Waals surface area (Å²) in [6.45, 7) is 0.971. The Morgan fingerprint density at radius 2 is 2.06 bits per heavy atom. The van der Waals surface area contributed by atoms with Crippen molar-refractivity contribution in [2.45, 2.75) is 6.54 Å². The second-order valence-corrected chi connectivity index (χ2v) is 4.82. The highest BCUT2D eigenvalue weighted by Gasteiger charge is 2.08. The molecule has 0 saturated carbocycles. The molecule has 0 unspecified atom stereocenters. The van der Waals surface area contributed by atoms with Crippen LogP contribution in [0.5, 0.6) is 0 Å². The summed E-state index contributed by atoms with van der Waals surface area (Å²) in [5.74, 6) is 0. The van der Waals surface area contributed by atoms with E-state index >= 15 is 0 Å². The van der Waals surface area contributed by atoms with Crippen LogP contribution in [0.3, 0.4) is 0 Å². The molecular formula is C12H14ClN3O2. The van der Waals surface area contributed by atoms with Crippen molar-refractivity contribution in [3.8, 4) is 0 Å². The number of hydrogen-bond donors (Lipinski definition) is 1. The van der Waals surface area contributed by atoms with Crippen LogP contribution in [-0.2, 0) is 6.54 Å². The van der Waals surface area contributed by atoms with Gasteiger partial charge in [-0.25, -0.2) is 4.79 Å². The lowest BCUT2D eigenvalue weighted by Gasteiger charge is -2.11. The van der Waals surface area contributed by atoms with Crippen molar-refractivity contribution in [1.82, 2.24) is 14.5 Å². The van der Waals surface area contributed by atoms with Crippen molar-refractivity contribution in [2.75, 3.05) is 20.6 Å². The van der Waals surface area contributed by atoms with Gasteiger partial charge in [0.2, 0.25) is 0 Å². The number of benzene rings is 1. The number of nitrogens with zero attached hydrogens (tertiary/aromatic N) is 2. The summed E-state index contributed by atoms with van der Waals surface area (Å²) in [6.07, 6.45) is 0. The number of likely N-dealkylation sites (N-methyl/N-ethyl adjacent to an activating group) is 1. The summed E-state index contributed by atoms with van der Waals surface area (Å²) in [5, 5.41) is 0.909. The van der Waals surface area contributed by atoms with E-state index in [0.717, 1.165) is 0 Å². The third-order valence-electron chi connectivity index (χ3n) is 2.71. The van der Waals surface area contributed by atoms with E-state index in [0.29, 0.717) is 29.0 Å². The van der Waals surface area contributed by atoms with Gasteiger partial charge in [0.05, 0.1) is 10.9 Å². The summed E-state index contributed by atoms with van der Waals surface area (Å²) in [4.78, 5) is 28.6. The maximum absolute atomic E-state index is 12.2. The molecule has 1 heterocycles. The summed E-state index contributed by atoms with van der Waals surface area (Å²) in [6, 6.07) is 4.85. The van der Waals surface area contributed by atoms with Gasteiger partial charge in [0, 0.05) is 18.1 Å². The smallest absolute Gasteiger partial charge is 0.308 e. The molecule has 96 valence electrons. The minimum absolute atomic E-state index is 0.307. The number of rotatable bonds is 3. The zero-order valence-electron chi connectivity index (χ0n) is 10.2. The molecule has 0 bridgehead atoms. The van der Waals surface area contributed by atoms with E-state index in [2.05, 4.69) is 4.98 Å². The van der Waals surface area contributed by atoms with Gasteiger partial charge < -0.3 is 9.88 Å². The van der Waals surface area contributed by atoms with Crippen LogP contribution in [-0.4, -0.2) is 35.1 Å². The van der Waals surface area contributed by atoms with Crippen LogP contribution in [0.1, 0.15) is 0 Å². The first-order valence-electron chi connectivity index (χ1n) is 5.56. The normalized spacial score (nSPS) is 11.3. The van der Waals surface area contributed by atoms with Crippen LogP contribution >= 0.6 is 11.6 Å². The average Bonchev–Trinajstić information content (AvgIpc) is 2.30. The van der Waals surface area contributed by atoms with Gasteiger partial charge in [-0.1, -0.05) is 11.6 Å². The van der Waals surface area contributed by atoms with Crippen molar-refractivity contribution in [3.63, 3.8) is 0 Å². The largest absolute Gasteiger partial charge is 0.328 e. The van der Waals surface area contributed by atoms with Gasteiger partial charge >= 0.3 is 5.69 Å². The topological polar surface area (TPSA) is 58.1 Å². The van der Waals surface area contributed by atoms with E-state index in [4.69, 9.17) is 11.6 Å². The molecule has 1 N–H and O–H groups in total. The Balaban J connectivity index is 2.60. The molecule has 2 aromatic rings. The van der Waals surface area contributed by atoms with Crippen molar-refractivity contribution in [1.29, 1.82) is 0 Å².